The third-order valence-electron chi connectivity index (χ3n) is 4.19. The van der Waals surface area contributed by atoms with Crippen LogP contribution in [-0.2, 0) is 25.6 Å². The summed E-state index contributed by atoms with van der Waals surface area (Å²) >= 11 is 0. The molecule has 1 fully saturated rings. The van der Waals surface area contributed by atoms with E-state index < -0.39 is 48.1 Å². The Morgan fingerprint density at radius 1 is 1.18 bits per heavy atom. The third kappa shape index (κ3) is 4.58. The van der Waals surface area contributed by atoms with Crippen molar-refractivity contribution in [3.05, 3.63) is 35.9 Å². The zero-order chi connectivity index (χ0) is 21.1. The van der Waals surface area contributed by atoms with E-state index >= 15 is 0 Å². The second-order valence-corrected chi connectivity index (χ2v) is 7.42. The number of hydrogen-bond acceptors (Lipinski definition) is 6. The molecule has 0 aliphatic heterocycles. The average Bonchev–Trinajstić information content (AvgIpc) is 3.35. The van der Waals surface area contributed by atoms with E-state index in [-0.39, 0.29) is 6.61 Å². The Bertz CT molecular complexity index is 734. The van der Waals surface area contributed by atoms with Gasteiger partial charge in [-0.3, -0.25) is 0 Å². The maximum atomic E-state index is 13.3. The fourth-order valence-corrected chi connectivity index (χ4v) is 2.83. The van der Waals surface area contributed by atoms with Crippen molar-refractivity contribution >= 4 is 18.2 Å². The van der Waals surface area contributed by atoms with Gasteiger partial charge in [-0.1, -0.05) is 30.3 Å². The first-order chi connectivity index (χ1) is 13.0. The lowest BCUT2D eigenvalue weighted by molar-refractivity contribution is -0.149. The first kappa shape index (κ1) is 21.6. The van der Waals surface area contributed by atoms with Gasteiger partial charge >= 0.3 is 18.2 Å². The molecule has 28 heavy (non-hydrogen) atoms. The molecule has 1 aliphatic carbocycles. The number of alkyl halides is 2. The Labute approximate surface area is 161 Å². The number of methoxy groups -OCH3 is 1. The number of imide groups is 1. The molecule has 1 unspecified atom stereocenters. The zero-order valence-corrected chi connectivity index (χ0v) is 16.1. The van der Waals surface area contributed by atoms with Gasteiger partial charge in [0.15, 0.2) is 5.54 Å². The molecule has 0 saturated heterocycles. The van der Waals surface area contributed by atoms with Crippen LogP contribution in [0.5, 0.6) is 0 Å². The van der Waals surface area contributed by atoms with E-state index in [2.05, 4.69) is 4.74 Å². The fourth-order valence-electron chi connectivity index (χ4n) is 2.83. The van der Waals surface area contributed by atoms with Crippen LogP contribution in [0.2, 0.25) is 0 Å². The van der Waals surface area contributed by atoms with Crippen molar-refractivity contribution in [2.24, 2.45) is 5.92 Å². The van der Waals surface area contributed by atoms with Gasteiger partial charge in [0.1, 0.15) is 12.2 Å². The molecule has 0 bridgehead atoms. The van der Waals surface area contributed by atoms with Crippen LogP contribution in [0, 0.1) is 5.92 Å². The first-order valence-electron chi connectivity index (χ1n) is 8.63. The monoisotopic (exact) mass is 399 g/mol. The van der Waals surface area contributed by atoms with Gasteiger partial charge in [-0.15, -0.1) is 0 Å². The van der Waals surface area contributed by atoms with Gasteiger partial charge in [-0.25, -0.2) is 23.2 Å². The minimum absolute atomic E-state index is 0.213. The summed E-state index contributed by atoms with van der Waals surface area (Å²) in [5, 5.41) is 0. The molecule has 2 rings (SSSR count). The number of benzene rings is 1. The predicted molar refractivity (Wildman–Crippen MR) is 93.6 cm³/mol. The number of rotatable bonds is 5. The fraction of sp³-hybridized carbons (Fsp3) is 0.526. The predicted octanol–water partition coefficient (Wildman–Crippen LogP) is 3.76. The molecular weight excluding hydrogens is 376 g/mol. The summed E-state index contributed by atoms with van der Waals surface area (Å²) in [5.74, 6) is -2.68. The van der Waals surface area contributed by atoms with Gasteiger partial charge in [0, 0.05) is 0 Å². The van der Waals surface area contributed by atoms with E-state index in [4.69, 9.17) is 9.47 Å². The average molecular weight is 399 g/mol. The molecule has 1 saturated carbocycles. The van der Waals surface area contributed by atoms with Gasteiger partial charge in [-0.2, -0.15) is 4.90 Å². The van der Waals surface area contributed by atoms with Gasteiger partial charge in [0.05, 0.1) is 13.0 Å². The number of ether oxygens (including phenoxy) is 3. The maximum absolute atomic E-state index is 13.3. The van der Waals surface area contributed by atoms with Gasteiger partial charge in [-0.05, 0) is 32.8 Å². The second kappa shape index (κ2) is 8.12. The number of carbonyl (C=O) groups is 3. The molecule has 7 nitrogen and oxygen atoms in total. The van der Waals surface area contributed by atoms with Gasteiger partial charge in [0.25, 0.3) is 0 Å². The second-order valence-electron chi connectivity index (χ2n) is 7.42. The van der Waals surface area contributed by atoms with Crippen molar-refractivity contribution < 1.29 is 37.4 Å². The lowest BCUT2D eigenvalue weighted by Gasteiger charge is -2.30. The molecule has 0 radical (unpaired) electrons. The van der Waals surface area contributed by atoms with Crippen molar-refractivity contribution in [1.29, 1.82) is 0 Å². The Kier molecular flexibility index (Phi) is 6.26. The molecule has 2 amide bonds. The van der Waals surface area contributed by atoms with Crippen LogP contribution in [-0.4, -0.2) is 47.7 Å². The van der Waals surface area contributed by atoms with Crippen molar-refractivity contribution in [2.75, 3.05) is 7.11 Å². The van der Waals surface area contributed by atoms with Crippen LogP contribution in [0.15, 0.2) is 30.3 Å². The van der Waals surface area contributed by atoms with E-state index in [1.54, 1.807) is 51.1 Å². The summed E-state index contributed by atoms with van der Waals surface area (Å²) in [4.78, 5) is 37.9. The highest BCUT2D eigenvalue weighted by Crippen LogP contribution is 2.53. The highest BCUT2D eigenvalue weighted by Gasteiger charge is 2.72. The molecule has 0 spiro atoms. The number of amides is 2. The highest BCUT2D eigenvalue weighted by molar-refractivity contribution is 5.99. The molecule has 1 aliphatic rings. The molecule has 1 aromatic carbocycles. The van der Waals surface area contributed by atoms with E-state index in [1.165, 1.54) is 0 Å². The van der Waals surface area contributed by atoms with Crippen LogP contribution in [0.1, 0.15) is 32.8 Å². The largest absolute Gasteiger partial charge is 0.467 e. The Morgan fingerprint density at radius 3 is 2.25 bits per heavy atom. The standard InChI is InChI=1S/C19H23F2NO6/c1-18(2,3)28-17(25)22(16(24)27-11-12-8-6-5-7-9-12)19(15(23)26-4)10-13(19)14(20)21/h5-9,13-14H,10-11H2,1-4H3/t13?,19-/m1/s1. The van der Waals surface area contributed by atoms with Crippen LogP contribution >= 0.6 is 0 Å². The smallest absolute Gasteiger partial charge is 0.420 e. The first-order valence-corrected chi connectivity index (χ1v) is 8.63. The zero-order valence-electron chi connectivity index (χ0n) is 16.1. The van der Waals surface area contributed by atoms with Crippen LogP contribution in [0.3, 0.4) is 0 Å². The number of esters is 1. The Hall–Kier alpha value is -2.71. The summed E-state index contributed by atoms with van der Waals surface area (Å²) in [6.45, 7) is 4.41. The van der Waals surface area contributed by atoms with Crippen molar-refractivity contribution in [2.45, 2.75) is 51.4 Å². The van der Waals surface area contributed by atoms with Crippen molar-refractivity contribution in [3.8, 4) is 0 Å². The molecule has 0 heterocycles. The molecule has 0 aromatic heterocycles. The maximum Gasteiger partial charge on any atom is 0.420 e. The SMILES string of the molecule is COC(=O)[C@@]1(N(C(=O)OCc2ccccc2)C(=O)OC(C)(C)C)CC1C(F)F. The minimum atomic E-state index is -2.94. The number of halogens is 2. The topological polar surface area (TPSA) is 82.1 Å². The summed E-state index contributed by atoms with van der Waals surface area (Å²) in [6.07, 6.45) is -5.88. The summed E-state index contributed by atoms with van der Waals surface area (Å²) < 4.78 is 41.6. The van der Waals surface area contributed by atoms with Crippen molar-refractivity contribution in [3.63, 3.8) is 0 Å². The molecule has 0 N–H and O–H groups in total. The molecule has 2 atom stereocenters. The summed E-state index contributed by atoms with van der Waals surface area (Å²) in [5.41, 5.74) is -2.56. The van der Waals surface area contributed by atoms with E-state index in [0.717, 1.165) is 7.11 Å². The van der Waals surface area contributed by atoms with Crippen LogP contribution < -0.4 is 0 Å². The lowest BCUT2D eigenvalue weighted by atomic mass is 10.1. The van der Waals surface area contributed by atoms with E-state index in [9.17, 15) is 23.2 Å². The van der Waals surface area contributed by atoms with E-state index in [1.807, 2.05) is 0 Å². The normalized spacial score (nSPS) is 21.0. The van der Waals surface area contributed by atoms with E-state index in [0.29, 0.717) is 10.5 Å². The molecule has 1 aromatic rings. The number of nitrogens with zero attached hydrogens (tertiary/aromatic N) is 1. The van der Waals surface area contributed by atoms with Gasteiger partial charge < -0.3 is 14.2 Å². The molecular formula is C19H23F2NO6. The third-order valence-corrected chi connectivity index (χ3v) is 4.19. The molecule has 154 valence electrons. The van der Waals surface area contributed by atoms with Crippen molar-refractivity contribution in [1.82, 2.24) is 4.90 Å². The quantitative estimate of drug-likeness (QED) is 0.554. The number of carbonyl (C=O) groups excluding carboxylic acids is 3. The van der Waals surface area contributed by atoms with Gasteiger partial charge in [0.2, 0.25) is 6.43 Å². The number of hydrogen-bond donors (Lipinski definition) is 0. The summed E-state index contributed by atoms with van der Waals surface area (Å²) in [6, 6.07) is 8.57. The summed E-state index contributed by atoms with van der Waals surface area (Å²) in [7, 11) is 0.994. The Balaban J connectivity index is 2.32. The van der Waals surface area contributed by atoms with Crippen LogP contribution in [0.4, 0.5) is 18.4 Å². The van der Waals surface area contributed by atoms with Crippen LogP contribution in [0.25, 0.3) is 0 Å². The lowest BCUT2D eigenvalue weighted by Crippen LogP contribution is -2.54. The minimum Gasteiger partial charge on any atom is -0.467 e. The Morgan fingerprint density at radius 2 is 1.79 bits per heavy atom. The molecule has 9 heteroatoms. The highest BCUT2D eigenvalue weighted by atomic mass is 19.3.